The highest BCUT2D eigenvalue weighted by molar-refractivity contribution is 5.48. The zero-order chi connectivity index (χ0) is 7.45. The van der Waals surface area contributed by atoms with Gasteiger partial charge in [-0.3, -0.25) is 4.79 Å². The smallest absolute Gasteiger partial charge is 0.207 e. The van der Waals surface area contributed by atoms with Crippen LogP contribution in [0.1, 0.15) is 25.7 Å². The first-order valence-electron chi connectivity index (χ1n) is 3.74. The zero-order valence-electron chi connectivity index (χ0n) is 6.10. The molecule has 0 spiro atoms. The van der Waals surface area contributed by atoms with Gasteiger partial charge in [0.15, 0.2) is 0 Å². The molecule has 3 nitrogen and oxygen atoms in total. The summed E-state index contributed by atoms with van der Waals surface area (Å²) < 4.78 is 0. The van der Waals surface area contributed by atoms with E-state index in [-0.39, 0.29) is 5.54 Å². The number of nitrogens with two attached hydrogens (primary N) is 1. The summed E-state index contributed by atoms with van der Waals surface area (Å²) in [7, 11) is 0. The van der Waals surface area contributed by atoms with Crippen LogP contribution in [-0.2, 0) is 4.79 Å². The van der Waals surface area contributed by atoms with Crippen LogP contribution in [-0.4, -0.2) is 18.5 Å². The van der Waals surface area contributed by atoms with Crippen LogP contribution in [0.15, 0.2) is 0 Å². The molecule has 58 valence electrons. The van der Waals surface area contributed by atoms with E-state index in [4.69, 9.17) is 5.73 Å². The first kappa shape index (κ1) is 7.54. The Morgan fingerprint density at radius 1 is 1.50 bits per heavy atom. The third kappa shape index (κ3) is 1.29. The van der Waals surface area contributed by atoms with Gasteiger partial charge in [-0.25, -0.2) is 0 Å². The van der Waals surface area contributed by atoms with Gasteiger partial charge in [-0.15, -0.1) is 0 Å². The fourth-order valence-corrected chi connectivity index (χ4v) is 1.58. The summed E-state index contributed by atoms with van der Waals surface area (Å²) in [5.74, 6) is 0. The Balaban J connectivity index is 2.48. The molecule has 0 radical (unpaired) electrons. The SMILES string of the molecule is NCC1(NC=O)CCCC1. The molecule has 0 aromatic rings. The molecular formula is C7H14N2O. The van der Waals surface area contributed by atoms with E-state index in [2.05, 4.69) is 5.32 Å². The summed E-state index contributed by atoms with van der Waals surface area (Å²) >= 11 is 0. The molecule has 1 aliphatic rings. The first-order valence-corrected chi connectivity index (χ1v) is 3.74. The number of amides is 1. The van der Waals surface area contributed by atoms with Crippen LogP contribution in [0, 0.1) is 0 Å². The Morgan fingerprint density at radius 3 is 2.50 bits per heavy atom. The molecule has 0 saturated heterocycles. The molecule has 0 atom stereocenters. The van der Waals surface area contributed by atoms with Gasteiger partial charge in [0.25, 0.3) is 0 Å². The lowest BCUT2D eigenvalue weighted by Gasteiger charge is -2.25. The first-order chi connectivity index (χ1) is 4.83. The van der Waals surface area contributed by atoms with Gasteiger partial charge in [0.1, 0.15) is 0 Å². The van der Waals surface area contributed by atoms with E-state index >= 15 is 0 Å². The summed E-state index contributed by atoms with van der Waals surface area (Å²) in [6, 6.07) is 0. The van der Waals surface area contributed by atoms with Gasteiger partial charge in [0.2, 0.25) is 6.41 Å². The normalized spacial score (nSPS) is 22.5. The number of nitrogens with one attached hydrogen (secondary N) is 1. The molecular weight excluding hydrogens is 128 g/mol. The van der Waals surface area contributed by atoms with Gasteiger partial charge in [-0.05, 0) is 12.8 Å². The molecule has 1 saturated carbocycles. The molecule has 0 aromatic heterocycles. The Bertz CT molecular complexity index is 119. The highest BCUT2D eigenvalue weighted by atomic mass is 16.1. The van der Waals surface area contributed by atoms with Crippen molar-refractivity contribution < 1.29 is 4.79 Å². The minimum absolute atomic E-state index is 0.0538. The lowest BCUT2D eigenvalue weighted by Crippen LogP contribution is -2.48. The zero-order valence-corrected chi connectivity index (χ0v) is 6.10. The Labute approximate surface area is 61.0 Å². The number of carbonyl (C=O) groups is 1. The van der Waals surface area contributed by atoms with E-state index in [1.807, 2.05) is 0 Å². The molecule has 0 aliphatic heterocycles. The van der Waals surface area contributed by atoms with Gasteiger partial charge in [-0.1, -0.05) is 12.8 Å². The summed E-state index contributed by atoms with van der Waals surface area (Å²) in [6.07, 6.45) is 5.23. The van der Waals surface area contributed by atoms with Gasteiger partial charge >= 0.3 is 0 Å². The lowest BCUT2D eigenvalue weighted by atomic mass is 9.99. The van der Waals surface area contributed by atoms with Gasteiger partial charge < -0.3 is 11.1 Å². The maximum absolute atomic E-state index is 10.2. The predicted octanol–water partition coefficient (Wildman–Crippen LogP) is 0.00390. The van der Waals surface area contributed by atoms with Crippen molar-refractivity contribution in [2.24, 2.45) is 5.73 Å². The molecule has 1 rings (SSSR count). The van der Waals surface area contributed by atoms with E-state index in [0.717, 1.165) is 19.3 Å². The summed E-state index contributed by atoms with van der Waals surface area (Å²) in [4.78, 5) is 10.2. The van der Waals surface area contributed by atoms with Crippen LogP contribution < -0.4 is 11.1 Å². The molecule has 0 heterocycles. The Hall–Kier alpha value is -0.570. The Morgan fingerprint density at radius 2 is 2.10 bits per heavy atom. The molecule has 0 aromatic carbocycles. The largest absolute Gasteiger partial charge is 0.352 e. The summed E-state index contributed by atoms with van der Waals surface area (Å²) in [5, 5.41) is 2.80. The van der Waals surface area contributed by atoms with Crippen LogP contribution >= 0.6 is 0 Å². The van der Waals surface area contributed by atoms with Crippen molar-refractivity contribution in [3.05, 3.63) is 0 Å². The van der Waals surface area contributed by atoms with Crippen molar-refractivity contribution in [1.29, 1.82) is 0 Å². The molecule has 10 heavy (non-hydrogen) atoms. The third-order valence-corrected chi connectivity index (χ3v) is 2.32. The highest BCUT2D eigenvalue weighted by Gasteiger charge is 2.31. The van der Waals surface area contributed by atoms with Crippen molar-refractivity contribution in [2.45, 2.75) is 31.2 Å². The van der Waals surface area contributed by atoms with Crippen LogP contribution in [0.2, 0.25) is 0 Å². The molecule has 1 fully saturated rings. The van der Waals surface area contributed by atoms with Crippen LogP contribution in [0.25, 0.3) is 0 Å². The maximum atomic E-state index is 10.2. The molecule has 0 unspecified atom stereocenters. The maximum Gasteiger partial charge on any atom is 0.207 e. The summed E-state index contributed by atoms with van der Waals surface area (Å²) in [5.41, 5.74) is 5.48. The molecule has 3 N–H and O–H groups in total. The van der Waals surface area contributed by atoms with Crippen LogP contribution in [0.3, 0.4) is 0 Å². The minimum atomic E-state index is -0.0538. The fraction of sp³-hybridized carbons (Fsp3) is 0.857. The Kier molecular flexibility index (Phi) is 2.27. The molecule has 3 heteroatoms. The van der Waals surface area contributed by atoms with E-state index in [9.17, 15) is 4.79 Å². The predicted molar refractivity (Wildman–Crippen MR) is 39.5 cm³/mol. The van der Waals surface area contributed by atoms with Crippen molar-refractivity contribution >= 4 is 6.41 Å². The molecule has 0 bridgehead atoms. The van der Waals surface area contributed by atoms with E-state index in [0.29, 0.717) is 6.54 Å². The standard InChI is InChI=1S/C7H14N2O/c8-5-7(9-6-10)3-1-2-4-7/h6H,1-5,8H2,(H,9,10). The van der Waals surface area contributed by atoms with Gasteiger partial charge in [0.05, 0.1) is 5.54 Å². The van der Waals surface area contributed by atoms with E-state index in [1.165, 1.54) is 12.8 Å². The van der Waals surface area contributed by atoms with Crippen LogP contribution in [0.5, 0.6) is 0 Å². The van der Waals surface area contributed by atoms with E-state index in [1.54, 1.807) is 0 Å². The van der Waals surface area contributed by atoms with Crippen LogP contribution in [0.4, 0.5) is 0 Å². The average Bonchev–Trinajstić information content (AvgIpc) is 2.39. The second kappa shape index (κ2) is 3.01. The van der Waals surface area contributed by atoms with Gasteiger partial charge in [0, 0.05) is 6.54 Å². The third-order valence-electron chi connectivity index (χ3n) is 2.32. The second-order valence-electron chi connectivity index (χ2n) is 2.95. The minimum Gasteiger partial charge on any atom is -0.352 e. The van der Waals surface area contributed by atoms with E-state index < -0.39 is 0 Å². The number of hydrogen-bond acceptors (Lipinski definition) is 2. The summed E-state index contributed by atoms with van der Waals surface area (Å²) in [6.45, 7) is 0.575. The van der Waals surface area contributed by atoms with Crippen molar-refractivity contribution in [3.8, 4) is 0 Å². The lowest BCUT2D eigenvalue weighted by molar-refractivity contribution is -0.111. The molecule has 1 amide bonds. The van der Waals surface area contributed by atoms with Crippen molar-refractivity contribution in [3.63, 3.8) is 0 Å². The van der Waals surface area contributed by atoms with Crippen molar-refractivity contribution in [2.75, 3.05) is 6.54 Å². The topological polar surface area (TPSA) is 55.1 Å². The monoisotopic (exact) mass is 142 g/mol. The number of rotatable bonds is 3. The average molecular weight is 142 g/mol. The number of hydrogen-bond donors (Lipinski definition) is 2. The number of carbonyl (C=O) groups excluding carboxylic acids is 1. The highest BCUT2D eigenvalue weighted by Crippen LogP contribution is 2.27. The molecule has 1 aliphatic carbocycles. The quantitative estimate of drug-likeness (QED) is 0.545. The second-order valence-corrected chi connectivity index (χ2v) is 2.95. The van der Waals surface area contributed by atoms with Gasteiger partial charge in [-0.2, -0.15) is 0 Å². The van der Waals surface area contributed by atoms with Crippen molar-refractivity contribution in [1.82, 2.24) is 5.32 Å². The fourth-order valence-electron chi connectivity index (χ4n) is 1.58.